The van der Waals surface area contributed by atoms with Gasteiger partial charge in [0, 0.05) is 35.5 Å². The number of rotatable bonds is 4. The first-order chi connectivity index (χ1) is 14.1. The largest absolute Gasteiger partial charge is 0.477 e. The van der Waals surface area contributed by atoms with Gasteiger partial charge >= 0.3 is 5.97 Å². The minimum atomic E-state index is -0.994. The molecule has 0 bridgehead atoms. The summed E-state index contributed by atoms with van der Waals surface area (Å²) in [5.74, 6) is -0.994. The number of pyridine rings is 1. The maximum Gasteiger partial charge on any atom is 0.348 e. The molecule has 0 aliphatic carbocycles. The summed E-state index contributed by atoms with van der Waals surface area (Å²) >= 11 is 2.83. The Morgan fingerprint density at radius 3 is 2.76 bits per heavy atom. The molecule has 1 aromatic carbocycles. The van der Waals surface area contributed by atoms with E-state index in [1.54, 1.807) is 11.3 Å². The normalized spacial score (nSPS) is 14.2. The van der Waals surface area contributed by atoms with Crippen molar-refractivity contribution in [2.24, 2.45) is 0 Å². The van der Waals surface area contributed by atoms with Gasteiger partial charge in [-0.05, 0) is 29.0 Å². The third kappa shape index (κ3) is 3.21. The van der Waals surface area contributed by atoms with E-state index in [1.165, 1.54) is 22.5 Å². The minimum absolute atomic E-state index is 0.175. The second kappa shape index (κ2) is 7.26. The average molecular weight is 422 g/mol. The van der Waals surface area contributed by atoms with Crippen LogP contribution in [0.3, 0.4) is 0 Å². The van der Waals surface area contributed by atoms with Crippen LogP contribution in [-0.2, 0) is 19.5 Å². The van der Waals surface area contributed by atoms with Crippen molar-refractivity contribution in [1.82, 2.24) is 9.88 Å². The van der Waals surface area contributed by atoms with Gasteiger partial charge in [-0.1, -0.05) is 36.4 Å². The van der Waals surface area contributed by atoms with Gasteiger partial charge in [-0.15, -0.1) is 22.7 Å². The van der Waals surface area contributed by atoms with Crippen molar-refractivity contribution < 1.29 is 9.90 Å². The Kier molecular flexibility index (Phi) is 4.58. The number of nitrogens with zero attached hydrogens (tertiary/aromatic N) is 2. The summed E-state index contributed by atoms with van der Waals surface area (Å²) < 4.78 is 0. The lowest BCUT2D eigenvalue weighted by Crippen LogP contribution is -2.31. The van der Waals surface area contributed by atoms with Crippen LogP contribution >= 0.6 is 22.7 Å². The van der Waals surface area contributed by atoms with Gasteiger partial charge in [-0.25, -0.2) is 9.78 Å². The van der Waals surface area contributed by atoms with Gasteiger partial charge in [0.15, 0.2) is 0 Å². The highest BCUT2D eigenvalue weighted by atomic mass is 32.1. The second-order valence-corrected chi connectivity index (χ2v) is 9.11. The number of benzene rings is 1. The lowest BCUT2D eigenvalue weighted by Gasteiger charge is -2.29. The summed E-state index contributed by atoms with van der Waals surface area (Å²) in [4.78, 5) is 20.9. The van der Waals surface area contributed by atoms with Crippen molar-refractivity contribution in [3.63, 3.8) is 0 Å². The van der Waals surface area contributed by atoms with E-state index in [9.17, 15) is 9.90 Å². The van der Waals surface area contributed by atoms with Crippen molar-refractivity contribution in [1.29, 1.82) is 0 Å². The average Bonchev–Trinajstić information content (AvgIpc) is 3.35. The molecule has 7 heteroatoms. The summed E-state index contributed by atoms with van der Waals surface area (Å²) in [5, 5.41) is 12.4. The van der Waals surface area contributed by atoms with Gasteiger partial charge in [-0.3, -0.25) is 4.90 Å². The number of hydrogen-bond donors (Lipinski definition) is 2. The molecule has 0 spiro atoms. The van der Waals surface area contributed by atoms with Crippen molar-refractivity contribution in [3.8, 4) is 10.4 Å². The third-order valence-corrected chi connectivity index (χ3v) is 7.30. The summed E-state index contributed by atoms with van der Waals surface area (Å²) in [7, 11) is 0. The molecule has 0 saturated carbocycles. The van der Waals surface area contributed by atoms with E-state index in [4.69, 9.17) is 10.7 Å². The van der Waals surface area contributed by atoms with E-state index >= 15 is 0 Å². The van der Waals surface area contributed by atoms with E-state index < -0.39 is 5.97 Å². The van der Waals surface area contributed by atoms with Crippen LogP contribution < -0.4 is 5.73 Å². The first-order valence-electron chi connectivity index (χ1n) is 9.39. The Balaban J connectivity index is 1.63. The molecule has 4 aromatic rings. The number of aromatic nitrogens is 1. The van der Waals surface area contributed by atoms with Crippen LogP contribution in [0.5, 0.6) is 0 Å². The summed E-state index contributed by atoms with van der Waals surface area (Å²) in [6.07, 6.45) is 0.871. The fourth-order valence-corrected chi connectivity index (χ4v) is 5.79. The van der Waals surface area contributed by atoms with Crippen LogP contribution in [0.4, 0.5) is 5.69 Å². The zero-order chi connectivity index (χ0) is 20.0. The topological polar surface area (TPSA) is 79.5 Å². The van der Waals surface area contributed by atoms with Crippen molar-refractivity contribution in [2.75, 3.05) is 12.3 Å². The molecule has 0 amide bonds. The number of nitrogens with two attached hydrogens (primary N) is 1. The molecule has 5 rings (SSSR count). The Labute approximate surface area is 176 Å². The van der Waals surface area contributed by atoms with Gasteiger partial charge in [0.1, 0.15) is 9.71 Å². The van der Waals surface area contributed by atoms with E-state index in [1.807, 2.05) is 17.5 Å². The quantitative estimate of drug-likeness (QED) is 0.492. The van der Waals surface area contributed by atoms with Crippen LogP contribution in [0.2, 0.25) is 0 Å². The molecule has 4 heterocycles. The SMILES string of the molecule is Nc1c(C(=O)O)sc2nc3c(c(-c4cccs4)c12)CCN(Cc1ccccc1)C3. The number of nitrogen functional groups attached to an aromatic ring is 1. The number of carbonyl (C=O) groups is 1. The number of carboxylic acids is 1. The van der Waals surface area contributed by atoms with Crippen LogP contribution in [0.15, 0.2) is 47.8 Å². The predicted molar refractivity (Wildman–Crippen MR) is 119 cm³/mol. The maximum absolute atomic E-state index is 11.7. The van der Waals surface area contributed by atoms with E-state index in [0.29, 0.717) is 10.5 Å². The number of anilines is 1. The number of carboxylic acid groups (broad SMARTS) is 1. The van der Waals surface area contributed by atoms with Crippen molar-refractivity contribution in [2.45, 2.75) is 19.5 Å². The highest BCUT2D eigenvalue weighted by molar-refractivity contribution is 7.21. The van der Waals surface area contributed by atoms with E-state index in [-0.39, 0.29) is 4.88 Å². The van der Waals surface area contributed by atoms with Crippen molar-refractivity contribution >= 4 is 44.5 Å². The monoisotopic (exact) mass is 421 g/mol. The second-order valence-electron chi connectivity index (χ2n) is 7.17. The summed E-state index contributed by atoms with van der Waals surface area (Å²) in [6.45, 7) is 2.56. The first-order valence-corrected chi connectivity index (χ1v) is 11.1. The zero-order valence-corrected chi connectivity index (χ0v) is 17.2. The Bertz CT molecular complexity index is 1200. The molecule has 29 heavy (non-hydrogen) atoms. The summed E-state index contributed by atoms with van der Waals surface area (Å²) in [6, 6.07) is 14.5. The fraction of sp³-hybridized carbons (Fsp3) is 0.182. The number of hydrogen-bond acceptors (Lipinski definition) is 6. The molecule has 0 fully saturated rings. The Hall–Kier alpha value is -2.74. The van der Waals surface area contributed by atoms with Gasteiger partial charge < -0.3 is 10.8 Å². The number of aromatic carboxylic acids is 1. The van der Waals surface area contributed by atoms with E-state index in [2.05, 4.69) is 35.2 Å². The van der Waals surface area contributed by atoms with E-state index in [0.717, 1.165) is 47.6 Å². The van der Waals surface area contributed by atoms with Gasteiger partial charge in [0.2, 0.25) is 0 Å². The number of fused-ring (bicyclic) bond motifs is 2. The van der Waals surface area contributed by atoms with Crippen LogP contribution in [0.1, 0.15) is 26.5 Å². The maximum atomic E-state index is 11.7. The molecule has 1 aliphatic rings. The van der Waals surface area contributed by atoms with Crippen LogP contribution in [-0.4, -0.2) is 27.5 Å². The lowest BCUT2D eigenvalue weighted by atomic mass is 9.95. The molecule has 0 atom stereocenters. The highest BCUT2D eigenvalue weighted by Crippen LogP contribution is 2.44. The van der Waals surface area contributed by atoms with Crippen LogP contribution in [0.25, 0.3) is 20.7 Å². The minimum Gasteiger partial charge on any atom is -0.477 e. The molecule has 3 aromatic heterocycles. The molecule has 1 aliphatic heterocycles. The molecule has 5 nitrogen and oxygen atoms in total. The Morgan fingerprint density at radius 1 is 1.21 bits per heavy atom. The van der Waals surface area contributed by atoms with Crippen molar-refractivity contribution in [3.05, 3.63) is 69.5 Å². The Morgan fingerprint density at radius 2 is 2.03 bits per heavy atom. The molecule has 3 N–H and O–H groups in total. The fourth-order valence-electron chi connectivity index (χ4n) is 4.03. The molecule has 0 radical (unpaired) electrons. The molecular weight excluding hydrogens is 402 g/mol. The lowest BCUT2D eigenvalue weighted by molar-refractivity contribution is 0.0703. The molecule has 0 unspecified atom stereocenters. The number of thiophene rings is 2. The van der Waals surface area contributed by atoms with Gasteiger partial charge in [-0.2, -0.15) is 0 Å². The van der Waals surface area contributed by atoms with Gasteiger partial charge in [0.05, 0.1) is 11.4 Å². The zero-order valence-electron chi connectivity index (χ0n) is 15.6. The highest BCUT2D eigenvalue weighted by Gasteiger charge is 2.27. The molecular formula is C22H19N3O2S2. The summed E-state index contributed by atoms with van der Waals surface area (Å²) in [5.41, 5.74) is 11.2. The van der Waals surface area contributed by atoms with Crippen LogP contribution in [0, 0.1) is 0 Å². The van der Waals surface area contributed by atoms with Gasteiger partial charge in [0.25, 0.3) is 0 Å². The predicted octanol–water partition coefficient (Wildman–Crippen LogP) is 4.86. The first kappa shape index (κ1) is 18.3. The standard InChI is InChI=1S/C22H19N3O2S2/c23-19-18-17(16-7-4-10-28-16)14-8-9-25(11-13-5-2-1-3-6-13)12-15(14)24-21(18)29-20(19)22(26)27/h1-7,10H,8-9,11-12,23H2,(H,26,27). The third-order valence-electron chi connectivity index (χ3n) is 5.33. The smallest absolute Gasteiger partial charge is 0.348 e. The molecule has 146 valence electrons. The molecule has 0 saturated heterocycles.